The summed E-state index contributed by atoms with van der Waals surface area (Å²) in [6.07, 6.45) is -0.488. The summed E-state index contributed by atoms with van der Waals surface area (Å²) in [6, 6.07) is 0. The second-order valence-electron chi connectivity index (χ2n) is 17.3. The van der Waals surface area contributed by atoms with Crippen LogP contribution >= 0.6 is 0 Å². The second kappa shape index (κ2) is 15.3. The van der Waals surface area contributed by atoms with Gasteiger partial charge in [-0.1, -0.05) is 0 Å². The zero-order valence-corrected chi connectivity index (χ0v) is 31.8. The van der Waals surface area contributed by atoms with Crippen LogP contribution in [0.1, 0.15) is 82.1 Å². The van der Waals surface area contributed by atoms with Gasteiger partial charge in [-0.2, -0.15) is 0 Å². The van der Waals surface area contributed by atoms with E-state index in [1.54, 1.807) is 42.4 Å². The van der Waals surface area contributed by atoms with E-state index in [0.717, 1.165) is 12.8 Å². The Kier molecular flexibility index (Phi) is 12.3. The number of morpholine rings is 3. The van der Waals surface area contributed by atoms with E-state index in [9.17, 15) is 19.5 Å². The molecule has 50 heavy (non-hydrogen) atoms. The molecule has 0 aromatic carbocycles. The normalized spacial score (nSPS) is 26.8. The molecular weight excluding hydrogens is 654 g/mol. The maximum absolute atomic E-state index is 13.4. The lowest BCUT2D eigenvalue weighted by molar-refractivity contribution is -0.165. The molecule has 1 aliphatic carbocycles. The monoisotopic (exact) mass is 715 g/mol. The fraction of sp³-hybridized carbons (Fsp3) is 0.914. The van der Waals surface area contributed by atoms with E-state index in [-0.39, 0.29) is 51.7 Å². The molecule has 3 atom stereocenters. The van der Waals surface area contributed by atoms with Crippen molar-refractivity contribution in [1.29, 1.82) is 0 Å². The Hall–Kier alpha value is -2.43. The lowest BCUT2D eigenvalue weighted by Crippen LogP contribution is -2.57. The zero-order valence-electron chi connectivity index (χ0n) is 31.8. The largest absolute Gasteiger partial charge is 0.444 e. The minimum absolute atomic E-state index is 0.115. The molecule has 3 saturated heterocycles. The summed E-state index contributed by atoms with van der Waals surface area (Å²) in [5.74, 6) is 0. The molecule has 0 unspecified atom stereocenters. The molecule has 1 spiro atoms. The Morgan fingerprint density at radius 1 is 0.740 bits per heavy atom. The van der Waals surface area contributed by atoms with Crippen molar-refractivity contribution in [3.8, 4) is 0 Å². The highest BCUT2D eigenvalue weighted by atomic mass is 16.6. The van der Waals surface area contributed by atoms with Crippen molar-refractivity contribution in [3.63, 3.8) is 0 Å². The van der Waals surface area contributed by atoms with Crippen LogP contribution in [-0.2, 0) is 37.9 Å². The molecule has 1 saturated carbocycles. The molecule has 3 amide bonds. The Labute approximate surface area is 297 Å². The summed E-state index contributed by atoms with van der Waals surface area (Å²) >= 11 is 0. The minimum atomic E-state index is -0.952. The molecular formula is C35H61N3O12. The third-order valence-corrected chi connectivity index (χ3v) is 8.66. The molecule has 0 bridgehead atoms. The first-order valence-corrected chi connectivity index (χ1v) is 17.7. The molecule has 15 nitrogen and oxygen atoms in total. The number of ether oxygens (including phenoxy) is 8. The van der Waals surface area contributed by atoms with E-state index < -0.39 is 58.5 Å². The van der Waals surface area contributed by atoms with Gasteiger partial charge in [0.2, 0.25) is 0 Å². The van der Waals surface area contributed by atoms with Crippen LogP contribution in [0.3, 0.4) is 0 Å². The highest BCUT2D eigenvalue weighted by molar-refractivity contribution is 5.69. The predicted octanol–water partition coefficient (Wildman–Crippen LogP) is 3.58. The fourth-order valence-corrected chi connectivity index (χ4v) is 6.37. The van der Waals surface area contributed by atoms with Crippen LogP contribution in [0.25, 0.3) is 0 Å². The van der Waals surface area contributed by atoms with Crippen LogP contribution < -0.4 is 0 Å². The van der Waals surface area contributed by atoms with E-state index in [1.165, 1.54) is 0 Å². The minimum Gasteiger partial charge on any atom is -0.444 e. The Balaban J connectivity index is 1.21. The molecule has 0 aromatic rings. The van der Waals surface area contributed by atoms with Crippen molar-refractivity contribution < 1.29 is 57.4 Å². The highest BCUT2D eigenvalue weighted by Crippen LogP contribution is 2.43. The SMILES string of the molecule is CC(C)(C)OC(=O)N1CCO[C@](C)(COCC(C)(C)OC(=O)N2C[C@@H](COCC(C)(C)OC(=O)N3C[C@@H](CO)OC4(CC4)C3)OC(C)(C)C2)C1. The summed E-state index contributed by atoms with van der Waals surface area (Å²) in [5, 5.41) is 9.61. The number of hydrogen-bond donors (Lipinski definition) is 1. The zero-order chi connectivity index (χ0) is 37.2. The molecule has 1 N–H and O–H groups in total. The van der Waals surface area contributed by atoms with Crippen LogP contribution in [0, 0.1) is 0 Å². The summed E-state index contributed by atoms with van der Waals surface area (Å²) in [5.41, 5.74) is -4.23. The Morgan fingerprint density at radius 3 is 1.88 bits per heavy atom. The van der Waals surface area contributed by atoms with Gasteiger partial charge in [-0.15, -0.1) is 0 Å². The Bertz CT molecular complexity index is 1200. The van der Waals surface area contributed by atoms with Crippen LogP contribution in [0.5, 0.6) is 0 Å². The van der Waals surface area contributed by atoms with Crippen LogP contribution in [0.15, 0.2) is 0 Å². The third kappa shape index (κ3) is 12.1. The standard InChI is InChI=1S/C35H61N3O12/c1-30(2,3)48-27(40)36-13-14-45-34(10,20-36)24-44-23-33(8,9)49-28(41)37-16-26(46-31(4,5)19-37)18-43-22-32(6,7)50-29(42)38-15-25(17-39)47-35(21-38)11-12-35/h25-26,39H,11-24H2,1-10H3/t25-,26-,34-/m0/s1. The number of rotatable bonds is 11. The molecule has 4 fully saturated rings. The smallest absolute Gasteiger partial charge is 0.410 e. The van der Waals surface area contributed by atoms with Crippen molar-refractivity contribution in [2.45, 2.75) is 128 Å². The van der Waals surface area contributed by atoms with Gasteiger partial charge in [-0.3, -0.25) is 0 Å². The van der Waals surface area contributed by atoms with Crippen LogP contribution in [0.4, 0.5) is 14.4 Å². The maximum atomic E-state index is 13.4. The predicted molar refractivity (Wildman–Crippen MR) is 181 cm³/mol. The average molecular weight is 716 g/mol. The van der Waals surface area contributed by atoms with Gasteiger partial charge in [0.25, 0.3) is 0 Å². The van der Waals surface area contributed by atoms with E-state index in [0.29, 0.717) is 32.8 Å². The summed E-state index contributed by atoms with van der Waals surface area (Å²) in [7, 11) is 0. The second-order valence-corrected chi connectivity index (χ2v) is 17.3. The molecule has 3 heterocycles. The van der Waals surface area contributed by atoms with Crippen LogP contribution in [-0.4, -0.2) is 163 Å². The van der Waals surface area contributed by atoms with Gasteiger partial charge < -0.3 is 57.7 Å². The average Bonchev–Trinajstić information content (AvgIpc) is 3.71. The van der Waals surface area contributed by atoms with Crippen molar-refractivity contribution in [2.24, 2.45) is 0 Å². The van der Waals surface area contributed by atoms with Gasteiger partial charge in [-0.25, -0.2) is 14.4 Å². The van der Waals surface area contributed by atoms with E-state index >= 15 is 0 Å². The van der Waals surface area contributed by atoms with Crippen molar-refractivity contribution >= 4 is 18.3 Å². The number of carbonyl (C=O) groups is 3. The summed E-state index contributed by atoms with van der Waals surface area (Å²) in [4.78, 5) is 43.8. The quantitative estimate of drug-likeness (QED) is 0.311. The van der Waals surface area contributed by atoms with E-state index in [2.05, 4.69) is 0 Å². The van der Waals surface area contributed by atoms with Gasteiger partial charge in [-0.05, 0) is 82.1 Å². The van der Waals surface area contributed by atoms with Gasteiger partial charge >= 0.3 is 18.3 Å². The molecule has 3 aliphatic heterocycles. The third-order valence-electron chi connectivity index (χ3n) is 8.66. The number of hydrogen-bond acceptors (Lipinski definition) is 12. The lowest BCUT2D eigenvalue weighted by Gasteiger charge is -2.43. The van der Waals surface area contributed by atoms with Gasteiger partial charge in [0, 0.05) is 6.54 Å². The number of aliphatic hydroxyl groups excluding tert-OH is 1. The first-order valence-electron chi connectivity index (χ1n) is 17.7. The number of nitrogens with zero attached hydrogens (tertiary/aromatic N) is 3. The molecule has 4 rings (SSSR count). The molecule has 288 valence electrons. The molecule has 4 aliphatic rings. The topological polar surface area (TPSA) is 155 Å². The number of amides is 3. The van der Waals surface area contributed by atoms with Gasteiger partial charge in [0.15, 0.2) is 0 Å². The van der Waals surface area contributed by atoms with Crippen molar-refractivity contribution in [2.75, 3.05) is 78.9 Å². The number of carbonyl (C=O) groups excluding carboxylic acids is 3. The van der Waals surface area contributed by atoms with Crippen LogP contribution in [0.2, 0.25) is 0 Å². The Morgan fingerprint density at radius 2 is 1.30 bits per heavy atom. The summed E-state index contributed by atoms with van der Waals surface area (Å²) in [6.45, 7) is 21.1. The molecule has 0 aromatic heterocycles. The highest BCUT2D eigenvalue weighted by Gasteiger charge is 2.52. The van der Waals surface area contributed by atoms with Crippen molar-refractivity contribution in [1.82, 2.24) is 14.7 Å². The van der Waals surface area contributed by atoms with Gasteiger partial charge in [0.05, 0.1) is 95.8 Å². The number of aliphatic hydroxyl groups is 1. The maximum Gasteiger partial charge on any atom is 0.410 e. The van der Waals surface area contributed by atoms with Gasteiger partial charge in [0.1, 0.15) is 22.4 Å². The summed E-state index contributed by atoms with van der Waals surface area (Å²) < 4.78 is 47.3. The van der Waals surface area contributed by atoms with E-state index in [4.69, 9.17) is 37.9 Å². The van der Waals surface area contributed by atoms with Crippen molar-refractivity contribution in [3.05, 3.63) is 0 Å². The molecule has 0 radical (unpaired) electrons. The first-order chi connectivity index (χ1) is 23.0. The fourth-order valence-electron chi connectivity index (χ4n) is 6.37. The first kappa shape index (κ1) is 40.3. The lowest BCUT2D eigenvalue weighted by atomic mass is 10.1. The molecule has 15 heteroatoms. The van der Waals surface area contributed by atoms with E-state index in [1.807, 2.05) is 41.5 Å².